The highest BCUT2D eigenvalue weighted by Gasteiger charge is 2.28. The molecule has 1 aliphatic carbocycles. The van der Waals surface area contributed by atoms with Crippen LogP contribution in [0.3, 0.4) is 0 Å². The van der Waals surface area contributed by atoms with Crippen LogP contribution in [0.4, 0.5) is 21.7 Å². The van der Waals surface area contributed by atoms with Crippen molar-refractivity contribution in [2.45, 2.75) is 25.3 Å². The molecule has 4 aromatic rings. The molecular weight excluding hydrogens is 535 g/mol. The highest BCUT2D eigenvalue weighted by atomic mass is 79.9. The maximum Gasteiger partial charge on any atom is 0.266 e. The Hall–Kier alpha value is -3.30. The van der Waals surface area contributed by atoms with Crippen molar-refractivity contribution in [3.8, 4) is 0 Å². The van der Waals surface area contributed by atoms with Gasteiger partial charge in [0, 0.05) is 54.7 Å². The van der Waals surface area contributed by atoms with Gasteiger partial charge in [-0.3, -0.25) is 9.36 Å². The lowest BCUT2D eigenvalue weighted by molar-refractivity contribution is 0.313. The molecule has 0 atom stereocenters. The number of likely N-dealkylation sites (N-methyl/N-ethyl adjacent to an activating group) is 1. The van der Waals surface area contributed by atoms with Crippen LogP contribution in [0.15, 0.2) is 64.0 Å². The Morgan fingerprint density at radius 3 is 2.57 bits per heavy atom. The number of fused-ring (bicyclic) bond motifs is 1. The van der Waals surface area contributed by atoms with Gasteiger partial charge in [-0.1, -0.05) is 12.1 Å². The van der Waals surface area contributed by atoms with Gasteiger partial charge in [0.2, 0.25) is 5.95 Å². The molecule has 6 rings (SSSR count). The van der Waals surface area contributed by atoms with Crippen molar-refractivity contribution in [2.75, 3.05) is 43.4 Å². The Kier molecular flexibility index (Phi) is 6.42. The third-order valence-corrected chi connectivity index (χ3v) is 7.83. The number of aromatic nitrogens is 3. The topological polar surface area (TPSA) is 66.3 Å². The molecule has 1 saturated heterocycles. The second-order valence-corrected chi connectivity index (χ2v) is 10.8. The Morgan fingerprint density at radius 1 is 1.08 bits per heavy atom. The fourth-order valence-corrected chi connectivity index (χ4v) is 5.42. The number of benzene rings is 2. The van der Waals surface area contributed by atoms with E-state index in [4.69, 9.17) is 4.98 Å². The number of rotatable bonds is 6. The summed E-state index contributed by atoms with van der Waals surface area (Å²) in [5, 5.41) is 3.96. The summed E-state index contributed by atoms with van der Waals surface area (Å²) in [5.41, 5.74) is 3.79. The lowest BCUT2D eigenvalue weighted by Crippen LogP contribution is -2.44. The van der Waals surface area contributed by atoms with E-state index < -0.39 is 0 Å². The molecule has 2 aromatic carbocycles. The highest BCUT2D eigenvalue weighted by molar-refractivity contribution is 9.10. The molecule has 0 amide bonds. The predicted molar refractivity (Wildman–Crippen MR) is 148 cm³/mol. The van der Waals surface area contributed by atoms with Crippen molar-refractivity contribution in [3.05, 3.63) is 86.5 Å². The van der Waals surface area contributed by atoms with Gasteiger partial charge in [0.05, 0.1) is 11.0 Å². The number of piperazine rings is 1. The maximum atomic E-state index is 14.9. The SMILES string of the molecule is CN1CCN(c2ccc(Nc3ncc4cc(Br)c(=O)n(Cc5c(F)cccc5C5CC5)c4n3)cc2)CC1. The number of pyridine rings is 1. The van der Waals surface area contributed by atoms with E-state index in [0.717, 1.165) is 50.3 Å². The molecule has 0 bridgehead atoms. The molecule has 0 unspecified atom stereocenters. The maximum absolute atomic E-state index is 14.9. The summed E-state index contributed by atoms with van der Waals surface area (Å²) in [6.45, 7) is 4.24. The summed E-state index contributed by atoms with van der Waals surface area (Å²) in [6, 6.07) is 15.1. The molecule has 7 nitrogen and oxygen atoms in total. The zero-order valence-corrected chi connectivity index (χ0v) is 22.2. The Labute approximate surface area is 223 Å². The number of halogens is 2. The minimum atomic E-state index is -0.294. The van der Waals surface area contributed by atoms with E-state index in [1.807, 2.05) is 18.2 Å². The smallest absolute Gasteiger partial charge is 0.266 e. The molecule has 2 fully saturated rings. The highest BCUT2D eigenvalue weighted by Crippen LogP contribution is 2.42. The van der Waals surface area contributed by atoms with Crippen LogP contribution < -0.4 is 15.8 Å². The van der Waals surface area contributed by atoms with Gasteiger partial charge in [-0.15, -0.1) is 0 Å². The van der Waals surface area contributed by atoms with E-state index in [-0.39, 0.29) is 17.9 Å². The van der Waals surface area contributed by atoms with Crippen molar-refractivity contribution < 1.29 is 4.39 Å². The van der Waals surface area contributed by atoms with Crippen molar-refractivity contribution in [1.29, 1.82) is 0 Å². The van der Waals surface area contributed by atoms with Gasteiger partial charge >= 0.3 is 0 Å². The summed E-state index contributed by atoms with van der Waals surface area (Å²) in [4.78, 5) is 27.0. The Bertz CT molecular complexity index is 1510. The first-order valence-electron chi connectivity index (χ1n) is 12.6. The number of hydrogen-bond acceptors (Lipinski definition) is 6. The van der Waals surface area contributed by atoms with Crippen molar-refractivity contribution in [2.24, 2.45) is 0 Å². The molecule has 0 spiro atoms. The van der Waals surface area contributed by atoms with Gasteiger partial charge in [-0.05, 0) is 83.7 Å². The molecule has 2 aliphatic rings. The van der Waals surface area contributed by atoms with Crippen LogP contribution in [0.5, 0.6) is 0 Å². The Morgan fingerprint density at radius 2 is 1.84 bits per heavy atom. The largest absolute Gasteiger partial charge is 0.369 e. The first-order valence-corrected chi connectivity index (χ1v) is 13.4. The minimum Gasteiger partial charge on any atom is -0.369 e. The van der Waals surface area contributed by atoms with Crippen molar-refractivity contribution >= 4 is 44.3 Å². The molecule has 3 heterocycles. The van der Waals surface area contributed by atoms with E-state index in [1.165, 1.54) is 16.3 Å². The third-order valence-electron chi connectivity index (χ3n) is 7.26. The van der Waals surface area contributed by atoms with E-state index in [0.29, 0.717) is 32.9 Å². The molecule has 190 valence electrons. The number of nitrogens with zero attached hydrogens (tertiary/aromatic N) is 5. The van der Waals surface area contributed by atoms with Gasteiger partial charge in [0.15, 0.2) is 0 Å². The fourth-order valence-electron chi connectivity index (χ4n) is 4.96. The average molecular weight is 563 g/mol. The quantitative estimate of drug-likeness (QED) is 0.352. The van der Waals surface area contributed by atoms with Crippen molar-refractivity contribution in [1.82, 2.24) is 19.4 Å². The van der Waals surface area contributed by atoms with Gasteiger partial charge in [-0.25, -0.2) is 9.37 Å². The summed E-state index contributed by atoms with van der Waals surface area (Å²) in [6.07, 6.45) is 3.79. The van der Waals surface area contributed by atoms with E-state index in [9.17, 15) is 9.18 Å². The summed E-state index contributed by atoms with van der Waals surface area (Å²) in [7, 11) is 2.15. The first-order chi connectivity index (χ1) is 18.0. The van der Waals surface area contributed by atoms with Crippen LogP contribution in [0.1, 0.15) is 29.9 Å². The molecule has 1 saturated carbocycles. The predicted octanol–water partition coefficient (Wildman–Crippen LogP) is 5.11. The summed E-state index contributed by atoms with van der Waals surface area (Å²) >= 11 is 3.37. The lowest BCUT2D eigenvalue weighted by Gasteiger charge is -2.34. The molecule has 0 radical (unpaired) electrons. The first kappa shape index (κ1) is 24.1. The van der Waals surface area contributed by atoms with E-state index in [2.05, 4.69) is 55.2 Å². The summed E-state index contributed by atoms with van der Waals surface area (Å²) in [5.74, 6) is 0.448. The monoisotopic (exact) mass is 562 g/mol. The number of anilines is 3. The van der Waals surface area contributed by atoms with E-state index >= 15 is 0 Å². The normalized spacial score (nSPS) is 16.4. The van der Waals surface area contributed by atoms with E-state index in [1.54, 1.807) is 18.3 Å². The molecule has 1 aliphatic heterocycles. The van der Waals surface area contributed by atoms with Crippen LogP contribution in [0, 0.1) is 5.82 Å². The van der Waals surface area contributed by atoms with Gasteiger partial charge in [0.1, 0.15) is 11.5 Å². The van der Waals surface area contributed by atoms with Gasteiger partial charge < -0.3 is 15.1 Å². The van der Waals surface area contributed by atoms with Gasteiger partial charge in [0.25, 0.3) is 5.56 Å². The summed E-state index contributed by atoms with van der Waals surface area (Å²) < 4.78 is 16.9. The van der Waals surface area contributed by atoms with Crippen molar-refractivity contribution in [3.63, 3.8) is 0 Å². The zero-order chi connectivity index (χ0) is 25.5. The fraction of sp³-hybridized carbons (Fsp3) is 0.321. The molecule has 9 heteroatoms. The van der Waals surface area contributed by atoms with Crippen LogP contribution in [0.25, 0.3) is 11.0 Å². The Balaban J connectivity index is 1.31. The zero-order valence-electron chi connectivity index (χ0n) is 20.6. The minimum absolute atomic E-state index is 0.115. The number of hydrogen-bond donors (Lipinski definition) is 1. The second-order valence-electron chi connectivity index (χ2n) is 9.90. The molecule has 1 N–H and O–H groups in total. The second kappa shape index (κ2) is 9.87. The molecular formula is C28H28BrFN6O. The molecule has 37 heavy (non-hydrogen) atoms. The van der Waals surface area contributed by atoms with Crippen LogP contribution >= 0.6 is 15.9 Å². The molecule has 2 aromatic heterocycles. The number of nitrogens with one attached hydrogen (secondary N) is 1. The van der Waals surface area contributed by atoms with Crippen LogP contribution in [-0.2, 0) is 6.54 Å². The van der Waals surface area contributed by atoms with Gasteiger partial charge in [-0.2, -0.15) is 4.98 Å². The van der Waals surface area contributed by atoms with Crippen LogP contribution in [-0.4, -0.2) is 52.7 Å². The standard InChI is InChI=1S/C28H28BrFN6O/c1-34-11-13-35(14-12-34)21-9-7-20(8-10-21)32-28-31-16-19-15-24(29)27(37)36(26(19)33-28)17-23-22(18-5-6-18)3-2-4-25(23)30/h2-4,7-10,15-16,18H,5-6,11-14,17H2,1H3,(H,31,32,33). The average Bonchev–Trinajstić information content (AvgIpc) is 3.74. The third kappa shape index (κ3) is 4.98. The van der Waals surface area contributed by atoms with Crippen LogP contribution in [0.2, 0.25) is 0 Å². The lowest BCUT2D eigenvalue weighted by atomic mass is 10.0.